The summed E-state index contributed by atoms with van der Waals surface area (Å²) in [5.41, 5.74) is 3.26. The predicted molar refractivity (Wildman–Crippen MR) is 77.9 cm³/mol. The van der Waals surface area contributed by atoms with E-state index in [0.717, 1.165) is 17.5 Å². The molecule has 0 radical (unpaired) electrons. The zero-order chi connectivity index (χ0) is 12.8. The number of benzene rings is 2. The van der Waals surface area contributed by atoms with E-state index in [0.29, 0.717) is 5.02 Å². The largest absolute Gasteiger partial charge is 0.0830 e. The van der Waals surface area contributed by atoms with Crippen LogP contribution in [0.15, 0.2) is 48.5 Å². The van der Waals surface area contributed by atoms with Gasteiger partial charge in [0.25, 0.3) is 0 Å². The minimum Gasteiger partial charge on any atom is -0.0830 e. The third-order valence-corrected chi connectivity index (χ3v) is 3.04. The average Bonchev–Trinajstić information content (AvgIpc) is 2.40. The van der Waals surface area contributed by atoms with Gasteiger partial charge in [0.2, 0.25) is 0 Å². The Hall–Kier alpha value is -1.71. The molecule has 2 aromatic rings. The zero-order valence-electron chi connectivity index (χ0n) is 10.4. The van der Waals surface area contributed by atoms with Crippen molar-refractivity contribution in [2.24, 2.45) is 0 Å². The Bertz CT molecular complexity index is 571. The fourth-order valence-corrected chi connectivity index (χ4v) is 1.93. The molecular formula is C17H15Cl. The van der Waals surface area contributed by atoms with E-state index >= 15 is 0 Å². The van der Waals surface area contributed by atoms with Gasteiger partial charge in [0, 0.05) is 11.1 Å². The lowest BCUT2D eigenvalue weighted by atomic mass is 10.1. The summed E-state index contributed by atoms with van der Waals surface area (Å²) in [5.74, 6) is 6.24. The Morgan fingerprint density at radius 1 is 0.944 bits per heavy atom. The quantitative estimate of drug-likeness (QED) is 0.682. The molecule has 0 spiro atoms. The molecule has 18 heavy (non-hydrogen) atoms. The Kier molecular flexibility index (Phi) is 4.45. The average molecular weight is 255 g/mol. The van der Waals surface area contributed by atoms with Crippen molar-refractivity contribution in [1.82, 2.24) is 0 Å². The molecule has 0 heterocycles. The molecule has 0 fully saturated rings. The van der Waals surface area contributed by atoms with E-state index in [2.05, 4.69) is 43.0 Å². The normalized spacial score (nSPS) is 9.67. The molecule has 1 heteroatoms. The van der Waals surface area contributed by atoms with Crippen molar-refractivity contribution in [3.05, 3.63) is 70.2 Å². The highest BCUT2D eigenvalue weighted by atomic mass is 35.5. The maximum atomic E-state index is 6.05. The molecule has 0 N–H and O–H groups in total. The van der Waals surface area contributed by atoms with Crippen LogP contribution < -0.4 is 0 Å². The van der Waals surface area contributed by atoms with Gasteiger partial charge in [-0.3, -0.25) is 0 Å². The van der Waals surface area contributed by atoms with Crippen LogP contribution in [0.1, 0.15) is 30.0 Å². The molecule has 0 aromatic heterocycles. The van der Waals surface area contributed by atoms with Gasteiger partial charge in [-0.25, -0.2) is 0 Å². The highest BCUT2D eigenvalue weighted by Gasteiger charge is 1.94. The first-order valence-corrected chi connectivity index (χ1v) is 6.53. The Morgan fingerprint density at radius 2 is 1.67 bits per heavy atom. The van der Waals surface area contributed by atoms with Gasteiger partial charge >= 0.3 is 0 Å². The highest BCUT2D eigenvalue weighted by Crippen LogP contribution is 2.13. The summed E-state index contributed by atoms with van der Waals surface area (Å²) in [6.45, 7) is 2.19. The van der Waals surface area contributed by atoms with Crippen molar-refractivity contribution in [3.8, 4) is 11.8 Å². The molecule has 0 aliphatic heterocycles. The van der Waals surface area contributed by atoms with Crippen LogP contribution >= 0.6 is 11.6 Å². The van der Waals surface area contributed by atoms with Gasteiger partial charge in [-0.2, -0.15) is 0 Å². The molecule has 2 aromatic carbocycles. The fourth-order valence-electron chi connectivity index (χ4n) is 1.75. The molecule has 0 aliphatic carbocycles. The van der Waals surface area contributed by atoms with E-state index < -0.39 is 0 Å². The van der Waals surface area contributed by atoms with E-state index in [1.165, 1.54) is 12.0 Å². The van der Waals surface area contributed by atoms with Crippen LogP contribution in [0, 0.1) is 11.8 Å². The smallest absolute Gasteiger partial charge is 0.0562 e. The standard InChI is InChI=1S/C17H15Cl/c1-2-5-14-8-10-15(11-9-14)12-13-16-6-3-4-7-17(16)18/h3-4,6-11H,2,5H2,1H3. The van der Waals surface area contributed by atoms with E-state index in [-0.39, 0.29) is 0 Å². The van der Waals surface area contributed by atoms with Crippen LogP contribution in [0.2, 0.25) is 5.02 Å². The summed E-state index contributed by atoms with van der Waals surface area (Å²) in [6.07, 6.45) is 2.29. The fraction of sp³-hybridized carbons (Fsp3) is 0.176. The molecular weight excluding hydrogens is 240 g/mol. The first-order chi connectivity index (χ1) is 8.79. The first-order valence-electron chi connectivity index (χ1n) is 6.15. The second-order valence-corrected chi connectivity index (χ2v) is 4.58. The van der Waals surface area contributed by atoms with Gasteiger partial charge < -0.3 is 0 Å². The maximum Gasteiger partial charge on any atom is 0.0562 e. The van der Waals surface area contributed by atoms with Crippen LogP contribution in [0.5, 0.6) is 0 Å². The minimum absolute atomic E-state index is 0.701. The van der Waals surface area contributed by atoms with Gasteiger partial charge in [-0.1, -0.05) is 61.1 Å². The van der Waals surface area contributed by atoms with Gasteiger partial charge in [0.15, 0.2) is 0 Å². The van der Waals surface area contributed by atoms with Crippen LogP contribution in [0.4, 0.5) is 0 Å². The van der Waals surface area contributed by atoms with E-state index in [4.69, 9.17) is 11.6 Å². The number of hydrogen-bond acceptors (Lipinski definition) is 0. The van der Waals surface area contributed by atoms with Gasteiger partial charge in [0.05, 0.1) is 5.02 Å². The van der Waals surface area contributed by atoms with Crippen molar-refractivity contribution in [3.63, 3.8) is 0 Å². The van der Waals surface area contributed by atoms with Crippen LogP contribution in [0.3, 0.4) is 0 Å². The number of halogens is 1. The van der Waals surface area contributed by atoms with E-state index in [9.17, 15) is 0 Å². The van der Waals surface area contributed by atoms with E-state index in [1.54, 1.807) is 0 Å². The predicted octanol–water partition coefficient (Wildman–Crippen LogP) is 4.69. The van der Waals surface area contributed by atoms with Gasteiger partial charge in [-0.05, 0) is 36.2 Å². The zero-order valence-corrected chi connectivity index (χ0v) is 11.2. The SMILES string of the molecule is CCCc1ccc(C#Cc2ccccc2Cl)cc1. The molecule has 0 saturated carbocycles. The first kappa shape index (κ1) is 12.7. The number of rotatable bonds is 2. The van der Waals surface area contributed by atoms with Crippen LogP contribution in [-0.2, 0) is 6.42 Å². The molecule has 0 atom stereocenters. The second-order valence-electron chi connectivity index (χ2n) is 4.18. The monoisotopic (exact) mass is 254 g/mol. The summed E-state index contributed by atoms with van der Waals surface area (Å²) in [5, 5.41) is 0.701. The van der Waals surface area contributed by atoms with Crippen molar-refractivity contribution < 1.29 is 0 Å². The summed E-state index contributed by atoms with van der Waals surface area (Å²) in [7, 11) is 0. The molecule has 0 bridgehead atoms. The van der Waals surface area contributed by atoms with Gasteiger partial charge in [0.1, 0.15) is 0 Å². The van der Waals surface area contributed by atoms with E-state index in [1.807, 2.05) is 24.3 Å². The van der Waals surface area contributed by atoms with Crippen molar-refractivity contribution in [2.45, 2.75) is 19.8 Å². The summed E-state index contributed by atoms with van der Waals surface area (Å²) < 4.78 is 0. The minimum atomic E-state index is 0.701. The molecule has 0 nitrogen and oxygen atoms in total. The maximum absolute atomic E-state index is 6.05. The van der Waals surface area contributed by atoms with Crippen molar-refractivity contribution in [1.29, 1.82) is 0 Å². The summed E-state index contributed by atoms with van der Waals surface area (Å²) in [6, 6.07) is 16.0. The molecule has 90 valence electrons. The van der Waals surface area contributed by atoms with Crippen LogP contribution in [-0.4, -0.2) is 0 Å². The Labute approximate surface area is 114 Å². The Balaban J connectivity index is 2.17. The summed E-state index contributed by atoms with van der Waals surface area (Å²) in [4.78, 5) is 0. The second kappa shape index (κ2) is 6.28. The topological polar surface area (TPSA) is 0 Å². The Morgan fingerprint density at radius 3 is 2.33 bits per heavy atom. The molecule has 0 saturated heterocycles. The van der Waals surface area contributed by atoms with Crippen molar-refractivity contribution in [2.75, 3.05) is 0 Å². The lowest BCUT2D eigenvalue weighted by Crippen LogP contribution is -1.83. The lowest BCUT2D eigenvalue weighted by molar-refractivity contribution is 0.922. The molecule has 0 aliphatic rings. The van der Waals surface area contributed by atoms with Gasteiger partial charge in [-0.15, -0.1) is 0 Å². The molecule has 0 unspecified atom stereocenters. The van der Waals surface area contributed by atoms with Crippen LogP contribution in [0.25, 0.3) is 0 Å². The highest BCUT2D eigenvalue weighted by molar-refractivity contribution is 6.31. The van der Waals surface area contributed by atoms with Crippen molar-refractivity contribution >= 4 is 11.6 Å². The number of aryl methyl sites for hydroxylation is 1. The molecule has 2 rings (SSSR count). The number of hydrogen-bond donors (Lipinski definition) is 0. The summed E-state index contributed by atoms with van der Waals surface area (Å²) >= 11 is 6.05. The third kappa shape index (κ3) is 3.39. The third-order valence-electron chi connectivity index (χ3n) is 2.71. The molecule has 0 amide bonds. The lowest BCUT2D eigenvalue weighted by Gasteiger charge is -1.97.